The standard InChI is InChI=1S/C10H15F3/c1-2-3-4-5-6-7-8-9(11)10(12)13/h7-8H,2-6H2,1H3/b8-7+. The van der Waals surface area contributed by atoms with E-state index in [1.807, 2.05) is 0 Å². The van der Waals surface area contributed by atoms with Crippen molar-refractivity contribution in [2.24, 2.45) is 0 Å². The Labute approximate surface area is 77.1 Å². The first-order valence-corrected chi connectivity index (χ1v) is 4.55. The van der Waals surface area contributed by atoms with E-state index in [9.17, 15) is 13.2 Å². The van der Waals surface area contributed by atoms with E-state index in [1.165, 1.54) is 6.08 Å². The minimum absolute atomic E-state index is 0.667. The first kappa shape index (κ1) is 12.3. The molecule has 0 aromatic rings. The summed E-state index contributed by atoms with van der Waals surface area (Å²) in [5.41, 5.74) is 0. The number of rotatable bonds is 6. The van der Waals surface area contributed by atoms with Crippen LogP contribution in [0.15, 0.2) is 24.1 Å². The van der Waals surface area contributed by atoms with E-state index in [0.717, 1.165) is 31.8 Å². The third-order valence-corrected chi connectivity index (χ3v) is 1.67. The van der Waals surface area contributed by atoms with Crippen molar-refractivity contribution in [2.75, 3.05) is 0 Å². The van der Waals surface area contributed by atoms with Gasteiger partial charge in [-0.05, 0) is 18.9 Å². The normalized spacial score (nSPS) is 10.8. The Morgan fingerprint density at radius 2 is 1.77 bits per heavy atom. The highest BCUT2D eigenvalue weighted by Crippen LogP contribution is 2.11. The topological polar surface area (TPSA) is 0 Å². The summed E-state index contributed by atoms with van der Waals surface area (Å²) in [5, 5.41) is 0. The third-order valence-electron chi connectivity index (χ3n) is 1.67. The first-order valence-electron chi connectivity index (χ1n) is 4.55. The molecule has 0 radical (unpaired) electrons. The molecule has 0 spiro atoms. The lowest BCUT2D eigenvalue weighted by molar-refractivity contribution is 0.387. The largest absolute Gasteiger partial charge is 0.305 e. The number of hydrogen-bond donors (Lipinski definition) is 0. The van der Waals surface area contributed by atoms with E-state index >= 15 is 0 Å². The molecule has 0 aliphatic rings. The molecular formula is C10H15F3. The molecule has 3 heteroatoms. The molecule has 0 amide bonds. The van der Waals surface area contributed by atoms with Gasteiger partial charge >= 0.3 is 6.08 Å². The van der Waals surface area contributed by atoms with Crippen LogP contribution in [-0.4, -0.2) is 0 Å². The van der Waals surface area contributed by atoms with E-state index in [4.69, 9.17) is 0 Å². The third kappa shape index (κ3) is 7.62. The van der Waals surface area contributed by atoms with Crippen molar-refractivity contribution in [2.45, 2.75) is 39.0 Å². The van der Waals surface area contributed by atoms with Crippen molar-refractivity contribution < 1.29 is 13.2 Å². The van der Waals surface area contributed by atoms with Gasteiger partial charge in [0.2, 0.25) is 0 Å². The summed E-state index contributed by atoms with van der Waals surface area (Å²) < 4.78 is 35.2. The summed E-state index contributed by atoms with van der Waals surface area (Å²) in [6, 6.07) is 0. The van der Waals surface area contributed by atoms with Gasteiger partial charge in [-0.15, -0.1) is 0 Å². The van der Waals surface area contributed by atoms with Gasteiger partial charge in [0.05, 0.1) is 0 Å². The lowest BCUT2D eigenvalue weighted by Gasteiger charge is -1.93. The molecule has 0 saturated heterocycles. The average Bonchev–Trinajstić information content (AvgIpc) is 2.10. The molecule has 0 aliphatic carbocycles. The highest BCUT2D eigenvalue weighted by Gasteiger charge is 1.97. The summed E-state index contributed by atoms with van der Waals surface area (Å²) in [7, 11) is 0. The zero-order chi connectivity index (χ0) is 10.1. The highest BCUT2D eigenvalue weighted by molar-refractivity contribution is 5.10. The number of unbranched alkanes of at least 4 members (excludes halogenated alkanes) is 4. The van der Waals surface area contributed by atoms with Gasteiger partial charge in [0.25, 0.3) is 0 Å². The van der Waals surface area contributed by atoms with Gasteiger partial charge in [0.15, 0.2) is 5.83 Å². The highest BCUT2D eigenvalue weighted by atomic mass is 19.3. The second kappa shape index (κ2) is 7.90. The van der Waals surface area contributed by atoms with Gasteiger partial charge in [-0.25, -0.2) is 4.39 Å². The monoisotopic (exact) mass is 192 g/mol. The number of hydrogen-bond acceptors (Lipinski definition) is 0. The predicted molar refractivity (Wildman–Crippen MR) is 48.2 cm³/mol. The van der Waals surface area contributed by atoms with E-state index in [2.05, 4.69) is 6.92 Å². The summed E-state index contributed by atoms with van der Waals surface area (Å²) in [5.74, 6) is -1.42. The molecule has 13 heavy (non-hydrogen) atoms. The van der Waals surface area contributed by atoms with Crippen molar-refractivity contribution in [3.63, 3.8) is 0 Å². The smallest absolute Gasteiger partial charge is 0.201 e. The maximum Gasteiger partial charge on any atom is 0.305 e. The molecule has 0 aliphatic heterocycles. The van der Waals surface area contributed by atoms with Crippen LogP contribution in [-0.2, 0) is 0 Å². The molecule has 0 unspecified atom stereocenters. The Morgan fingerprint density at radius 1 is 1.08 bits per heavy atom. The Morgan fingerprint density at radius 3 is 2.31 bits per heavy atom. The molecule has 0 bridgehead atoms. The fourth-order valence-corrected chi connectivity index (χ4v) is 0.939. The lowest BCUT2D eigenvalue weighted by atomic mass is 10.1. The maximum atomic E-state index is 12.1. The zero-order valence-corrected chi connectivity index (χ0v) is 7.82. The van der Waals surface area contributed by atoms with Gasteiger partial charge in [-0.2, -0.15) is 8.78 Å². The molecule has 0 atom stereocenters. The molecule has 0 saturated carbocycles. The van der Waals surface area contributed by atoms with Crippen molar-refractivity contribution >= 4 is 0 Å². The van der Waals surface area contributed by atoms with E-state index in [0.29, 0.717) is 6.42 Å². The first-order chi connectivity index (χ1) is 6.18. The van der Waals surface area contributed by atoms with Crippen LogP contribution in [0.1, 0.15) is 39.0 Å². The lowest BCUT2D eigenvalue weighted by Crippen LogP contribution is -1.74. The van der Waals surface area contributed by atoms with Crippen molar-refractivity contribution in [3.8, 4) is 0 Å². The quantitative estimate of drug-likeness (QED) is 0.426. The molecular weight excluding hydrogens is 177 g/mol. The minimum Gasteiger partial charge on any atom is -0.201 e. The Balaban J connectivity index is 3.47. The number of halogens is 3. The summed E-state index contributed by atoms with van der Waals surface area (Å²) in [6.07, 6.45) is 4.99. The summed E-state index contributed by atoms with van der Waals surface area (Å²) >= 11 is 0. The summed E-state index contributed by atoms with van der Waals surface area (Å²) in [4.78, 5) is 0. The summed E-state index contributed by atoms with van der Waals surface area (Å²) in [6.45, 7) is 2.09. The Kier molecular flexibility index (Phi) is 7.45. The molecule has 0 heterocycles. The predicted octanol–water partition coefficient (Wildman–Crippen LogP) is 4.59. The average molecular weight is 192 g/mol. The van der Waals surface area contributed by atoms with E-state index < -0.39 is 11.9 Å². The minimum atomic E-state index is -2.25. The van der Waals surface area contributed by atoms with Crippen LogP contribution in [0.5, 0.6) is 0 Å². The second-order valence-electron chi connectivity index (χ2n) is 2.86. The van der Waals surface area contributed by atoms with Crippen molar-refractivity contribution in [1.29, 1.82) is 0 Å². The Bertz CT molecular complexity index is 179. The van der Waals surface area contributed by atoms with Crippen LogP contribution < -0.4 is 0 Å². The fraction of sp³-hybridized carbons (Fsp3) is 0.600. The van der Waals surface area contributed by atoms with Gasteiger partial charge in [-0.1, -0.05) is 32.3 Å². The van der Waals surface area contributed by atoms with Gasteiger partial charge in [0, 0.05) is 0 Å². The van der Waals surface area contributed by atoms with Crippen LogP contribution in [0.2, 0.25) is 0 Å². The van der Waals surface area contributed by atoms with Crippen LogP contribution in [0, 0.1) is 0 Å². The zero-order valence-electron chi connectivity index (χ0n) is 7.82. The molecule has 0 aromatic carbocycles. The second-order valence-corrected chi connectivity index (χ2v) is 2.86. The van der Waals surface area contributed by atoms with E-state index in [1.54, 1.807) is 0 Å². The van der Waals surface area contributed by atoms with Crippen LogP contribution in [0.25, 0.3) is 0 Å². The van der Waals surface area contributed by atoms with Gasteiger partial charge in [-0.3, -0.25) is 0 Å². The maximum absolute atomic E-state index is 12.1. The molecule has 76 valence electrons. The SMILES string of the molecule is CCCCCC/C=C/C(F)=C(F)F. The van der Waals surface area contributed by atoms with Crippen molar-refractivity contribution in [3.05, 3.63) is 24.1 Å². The molecule has 0 rings (SSSR count). The van der Waals surface area contributed by atoms with E-state index in [-0.39, 0.29) is 0 Å². The Hall–Kier alpha value is -0.730. The fourth-order valence-electron chi connectivity index (χ4n) is 0.939. The van der Waals surface area contributed by atoms with Crippen LogP contribution in [0.4, 0.5) is 13.2 Å². The van der Waals surface area contributed by atoms with Gasteiger partial charge < -0.3 is 0 Å². The molecule has 0 nitrogen and oxygen atoms in total. The van der Waals surface area contributed by atoms with Crippen molar-refractivity contribution in [1.82, 2.24) is 0 Å². The van der Waals surface area contributed by atoms with Crippen LogP contribution in [0.3, 0.4) is 0 Å². The number of allylic oxidation sites excluding steroid dienone is 3. The molecule has 0 aromatic heterocycles. The molecule has 0 N–H and O–H groups in total. The van der Waals surface area contributed by atoms with Gasteiger partial charge in [0.1, 0.15) is 0 Å². The van der Waals surface area contributed by atoms with Crippen LogP contribution >= 0.6 is 0 Å². The molecule has 0 fully saturated rings.